The highest BCUT2D eigenvalue weighted by Gasteiger charge is 2.18. The molecule has 0 radical (unpaired) electrons. The molecule has 6 heteroatoms. The lowest BCUT2D eigenvalue weighted by atomic mass is 9.98. The van der Waals surface area contributed by atoms with Crippen molar-refractivity contribution < 1.29 is 4.74 Å². The summed E-state index contributed by atoms with van der Waals surface area (Å²) in [4.78, 5) is 7.29. The van der Waals surface area contributed by atoms with Crippen LogP contribution in [0, 0.1) is 5.92 Å². The van der Waals surface area contributed by atoms with Gasteiger partial charge in [0, 0.05) is 19.6 Å². The molecule has 1 saturated heterocycles. The predicted octanol–water partition coefficient (Wildman–Crippen LogP) is 2.97. The second-order valence-electron chi connectivity index (χ2n) is 6.21. The van der Waals surface area contributed by atoms with E-state index >= 15 is 0 Å². The highest BCUT2D eigenvalue weighted by Crippen LogP contribution is 2.16. The van der Waals surface area contributed by atoms with E-state index in [0.29, 0.717) is 12.5 Å². The molecule has 1 unspecified atom stereocenters. The molecular formula is C19H33IN4O. The largest absolute Gasteiger partial charge is 0.492 e. The molecule has 0 spiro atoms. The van der Waals surface area contributed by atoms with Gasteiger partial charge in [-0.2, -0.15) is 0 Å². The van der Waals surface area contributed by atoms with Crippen LogP contribution in [0.3, 0.4) is 0 Å². The van der Waals surface area contributed by atoms with Gasteiger partial charge in [0.15, 0.2) is 5.96 Å². The summed E-state index contributed by atoms with van der Waals surface area (Å²) in [5.41, 5.74) is 0. The third kappa shape index (κ3) is 8.76. The van der Waals surface area contributed by atoms with Crippen molar-refractivity contribution in [1.29, 1.82) is 0 Å². The van der Waals surface area contributed by atoms with Gasteiger partial charge in [0.25, 0.3) is 0 Å². The van der Waals surface area contributed by atoms with Crippen LogP contribution in [0.1, 0.15) is 26.7 Å². The second-order valence-corrected chi connectivity index (χ2v) is 6.21. The third-order valence-electron chi connectivity index (χ3n) is 4.31. The first kappa shape index (κ1) is 22.0. The lowest BCUT2D eigenvalue weighted by molar-refractivity contribution is 0.186. The maximum Gasteiger partial charge on any atom is 0.191 e. The molecule has 142 valence electrons. The molecule has 1 aliphatic heterocycles. The number of nitrogens with zero attached hydrogens (tertiary/aromatic N) is 2. The molecule has 0 aliphatic carbocycles. The first-order chi connectivity index (χ1) is 11.8. The number of likely N-dealkylation sites (tertiary alicyclic amines) is 1. The summed E-state index contributed by atoms with van der Waals surface area (Å²) in [6.07, 6.45) is 2.58. The minimum absolute atomic E-state index is 0. The molecule has 1 fully saturated rings. The number of ether oxygens (including phenoxy) is 1. The quantitative estimate of drug-likeness (QED) is 0.271. The molecule has 0 amide bonds. The van der Waals surface area contributed by atoms with E-state index in [1.807, 2.05) is 30.3 Å². The summed E-state index contributed by atoms with van der Waals surface area (Å²) in [5.74, 6) is 2.47. The van der Waals surface area contributed by atoms with Crippen LogP contribution >= 0.6 is 24.0 Å². The SMILES string of the molecule is CCNC(=NCC1CCCN(CC)C1)NCCOc1ccccc1.I. The number of para-hydroxylation sites is 1. The maximum atomic E-state index is 5.71. The number of hydrogen-bond donors (Lipinski definition) is 2. The van der Waals surface area contributed by atoms with Gasteiger partial charge in [-0.05, 0) is 50.9 Å². The van der Waals surface area contributed by atoms with E-state index in [4.69, 9.17) is 9.73 Å². The third-order valence-corrected chi connectivity index (χ3v) is 4.31. The first-order valence-corrected chi connectivity index (χ1v) is 9.24. The summed E-state index contributed by atoms with van der Waals surface area (Å²) < 4.78 is 5.71. The Hall–Kier alpha value is -1.02. The van der Waals surface area contributed by atoms with E-state index < -0.39 is 0 Å². The molecule has 0 aromatic heterocycles. The van der Waals surface area contributed by atoms with Crippen molar-refractivity contribution in [2.45, 2.75) is 26.7 Å². The Labute approximate surface area is 169 Å². The number of aliphatic imine (C=N–C) groups is 1. The Kier molecular flexibility index (Phi) is 11.6. The van der Waals surface area contributed by atoms with Crippen molar-refractivity contribution in [2.24, 2.45) is 10.9 Å². The first-order valence-electron chi connectivity index (χ1n) is 9.24. The van der Waals surface area contributed by atoms with Gasteiger partial charge < -0.3 is 20.3 Å². The van der Waals surface area contributed by atoms with Crippen LogP contribution in [-0.2, 0) is 0 Å². The Morgan fingerprint density at radius 1 is 1.24 bits per heavy atom. The Bertz CT molecular complexity index is 484. The molecule has 5 nitrogen and oxygen atoms in total. The smallest absolute Gasteiger partial charge is 0.191 e. The Morgan fingerprint density at radius 2 is 2.04 bits per heavy atom. The highest BCUT2D eigenvalue weighted by molar-refractivity contribution is 14.0. The van der Waals surface area contributed by atoms with Gasteiger partial charge in [-0.15, -0.1) is 24.0 Å². The Morgan fingerprint density at radius 3 is 2.76 bits per heavy atom. The normalized spacial score (nSPS) is 18.3. The Balaban J connectivity index is 0.00000312. The average Bonchev–Trinajstić information content (AvgIpc) is 2.64. The molecular weight excluding hydrogens is 427 g/mol. The molecule has 1 aromatic carbocycles. The molecule has 1 aliphatic rings. The summed E-state index contributed by atoms with van der Waals surface area (Å²) in [5, 5.41) is 6.67. The zero-order valence-electron chi connectivity index (χ0n) is 15.5. The van der Waals surface area contributed by atoms with Crippen LogP contribution < -0.4 is 15.4 Å². The van der Waals surface area contributed by atoms with Crippen LogP contribution in [0.25, 0.3) is 0 Å². The number of benzene rings is 1. The number of halogens is 1. The second kappa shape index (κ2) is 13.2. The van der Waals surface area contributed by atoms with Crippen LogP contribution in [0.2, 0.25) is 0 Å². The van der Waals surface area contributed by atoms with Crippen LogP contribution in [0.5, 0.6) is 5.75 Å². The van der Waals surface area contributed by atoms with Crippen molar-refractivity contribution >= 4 is 29.9 Å². The van der Waals surface area contributed by atoms with Gasteiger partial charge in [0.2, 0.25) is 0 Å². The summed E-state index contributed by atoms with van der Waals surface area (Å²) in [6.45, 7) is 11.0. The standard InChI is InChI=1S/C19H32N4O.HI/c1-3-20-19(21-12-14-24-18-10-6-5-7-11-18)22-15-17-9-8-13-23(4-2)16-17;/h5-7,10-11,17H,3-4,8-9,12-16H2,1-2H3,(H2,20,21,22);1H. The van der Waals surface area contributed by atoms with E-state index in [1.54, 1.807) is 0 Å². The van der Waals surface area contributed by atoms with Gasteiger partial charge in [0.1, 0.15) is 12.4 Å². The van der Waals surface area contributed by atoms with Gasteiger partial charge in [-0.25, -0.2) is 0 Å². The summed E-state index contributed by atoms with van der Waals surface area (Å²) >= 11 is 0. The number of hydrogen-bond acceptors (Lipinski definition) is 3. The van der Waals surface area contributed by atoms with Crippen LogP contribution in [0.4, 0.5) is 0 Å². The monoisotopic (exact) mass is 460 g/mol. The number of rotatable bonds is 8. The highest BCUT2D eigenvalue weighted by atomic mass is 127. The lowest BCUT2D eigenvalue weighted by Crippen LogP contribution is -2.41. The van der Waals surface area contributed by atoms with Crippen molar-refractivity contribution in [2.75, 3.05) is 45.9 Å². The summed E-state index contributed by atoms with van der Waals surface area (Å²) in [7, 11) is 0. The van der Waals surface area contributed by atoms with Crippen LogP contribution in [0.15, 0.2) is 35.3 Å². The van der Waals surface area contributed by atoms with Crippen molar-refractivity contribution in [3.8, 4) is 5.75 Å². The molecule has 1 aromatic rings. The van der Waals surface area contributed by atoms with Crippen molar-refractivity contribution in [1.82, 2.24) is 15.5 Å². The summed E-state index contributed by atoms with van der Waals surface area (Å²) in [6, 6.07) is 9.91. The van der Waals surface area contributed by atoms with E-state index in [2.05, 4.69) is 29.4 Å². The zero-order valence-corrected chi connectivity index (χ0v) is 17.9. The molecule has 25 heavy (non-hydrogen) atoms. The van der Waals surface area contributed by atoms with E-state index in [-0.39, 0.29) is 24.0 Å². The average molecular weight is 460 g/mol. The minimum atomic E-state index is 0. The zero-order chi connectivity index (χ0) is 17.0. The number of piperidine rings is 1. The molecule has 2 rings (SSSR count). The maximum absolute atomic E-state index is 5.71. The topological polar surface area (TPSA) is 48.9 Å². The van der Waals surface area contributed by atoms with E-state index in [0.717, 1.165) is 37.9 Å². The van der Waals surface area contributed by atoms with Gasteiger partial charge in [-0.1, -0.05) is 25.1 Å². The lowest BCUT2D eigenvalue weighted by Gasteiger charge is -2.31. The van der Waals surface area contributed by atoms with Gasteiger partial charge >= 0.3 is 0 Å². The number of nitrogens with one attached hydrogen (secondary N) is 2. The molecule has 1 atom stereocenters. The fourth-order valence-corrected chi connectivity index (χ4v) is 3.00. The fraction of sp³-hybridized carbons (Fsp3) is 0.632. The van der Waals surface area contributed by atoms with Gasteiger partial charge in [-0.3, -0.25) is 4.99 Å². The van der Waals surface area contributed by atoms with Crippen LogP contribution in [-0.4, -0.2) is 56.7 Å². The molecule has 1 heterocycles. The minimum Gasteiger partial charge on any atom is -0.492 e. The van der Waals surface area contributed by atoms with E-state index in [9.17, 15) is 0 Å². The van der Waals surface area contributed by atoms with Gasteiger partial charge in [0.05, 0.1) is 6.54 Å². The fourth-order valence-electron chi connectivity index (χ4n) is 3.00. The number of guanidine groups is 1. The molecule has 2 N–H and O–H groups in total. The van der Waals surface area contributed by atoms with Crippen molar-refractivity contribution in [3.63, 3.8) is 0 Å². The van der Waals surface area contributed by atoms with Crippen molar-refractivity contribution in [3.05, 3.63) is 30.3 Å². The molecule has 0 bridgehead atoms. The molecule has 0 saturated carbocycles. The predicted molar refractivity (Wildman–Crippen MR) is 116 cm³/mol. The van der Waals surface area contributed by atoms with E-state index in [1.165, 1.54) is 25.9 Å².